The van der Waals surface area contributed by atoms with Crippen molar-refractivity contribution in [3.8, 4) is 17.9 Å². The van der Waals surface area contributed by atoms with Crippen molar-refractivity contribution in [2.24, 2.45) is 0 Å². The standard InChI is InChI=1S/C29H20F3N/c1-2-19-3-5-20(6-4-19)7-8-21-10-14-25-24(15-21)13-12-23(29(25)32)11-9-22-16-27(30)26(18-33)28(31)17-22/h3-6,10,12-17H,2,7-8H2,1H3. The van der Waals surface area contributed by atoms with Crippen molar-refractivity contribution >= 4 is 10.8 Å². The third kappa shape index (κ3) is 4.92. The van der Waals surface area contributed by atoms with Crippen LogP contribution in [-0.2, 0) is 19.3 Å². The average Bonchev–Trinajstić information content (AvgIpc) is 2.82. The monoisotopic (exact) mass is 439 g/mol. The van der Waals surface area contributed by atoms with Crippen LogP contribution in [0.15, 0.2) is 66.7 Å². The molecule has 4 aromatic carbocycles. The molecule has 0 aliphatic heterocycles. The van der Waals surface area contributed by atoms with E-state index in [2.05, 4.69) is 43.0 Å². The fraction of sp³-hybridized carbons (Fsp3) is 0.138. The number of hydrogen-bond acceptors (Lipinski definition) is 1. The first kappa shape index (κ1) is 22.2. The van der Waals surface area contributed by atoms with Gasteiger partial charge in [-0.1, -0.05) is 67.3 Å². The molecular weight excluding hydrogens is 419 g/mol. The van der Waals surface area contributed by atoms with E-state index in [0.29, 0.717) is 5.39 Å². The van der Waals surface area contributed by atoms with E-state index in [1.165, 1.54) is 17.2 Å². The number of nitrogens with zero attached hydrogens (tertiary/aromatic N) is 1. The third-order valence-electron chi connectivity index (χ3n) is 5.65. The van der Waals surface area contributed by atoms with Crippen molar-refractivity contribution in [2.75, 3.05) is 0 Å². The second kappa shape index (κ2) is 9.63. The number of hydrogen-bond donors (Lipinski definition) is 0. The molecule has 0 saturated carbocycles. The molecule has 0 aliphatic carbocycles. The van der Waals surface area contributed by atoms with Crippen molar-refractivity contribution in [2.45, 2.75) is 26.2 Å². The van der Waals surface area contributed by atoms with E-state index in [0.717, 1.165) is 42.3 Å². The predicted molar refractivity (Wildman–Crippen MR) is 124 cm³/mol. The maximum atomic E-state index is 15.0. The third-order valence-corrected chi connectivity index (χ3v) is 5.65. The summed E-state index contributed by atoms with van der Waals surface area (Å²) < 4.78 is 42.5. The van der Waals surface area contributed by atoms with Crippen LogP contribution in [-0.4, -0.2) is 0 Å². The van der Waals surface area contributed by atoms with Crippen LogP contribution in [0, 0.1) is 40.6 Å². The van der Waals surface area contributed by atoms with Crippen LogP contribution < -0.4 is 0 Å². The summed E-state index contributed by atoms with van der Waals surface area (Å²) in [5.74, 6) is 2.76. The molecule has 0 radical (unpaired) electrons. The predicted octanol–water partition coefficient (Wildman–Crippen LogP) is 6.88. The van der Waals surface area contributed by atoms with Gasteiger partial charge in [0, 0.05) is 10.9 Å². The van der Waals surface area contributed by atoms with Gasteiger partial charge in [0.25, 0.3) is 0 Å². The number of nitriles is 1. The van der Waals surface area contributed by atoms with E-state index in [1.807, 2.05) is 12.1 Å². The van der Waals surface area contributed by atoms with Crippen molar-refractivity contribution in [3.63, 3.8) is 0 Å². The molecule has 0 saturated heterocycles. The van der Waals surface area contributed by atoms with Crippen LogP contribution in [0.3, 0.4) is 0 Å². The van der Waals surface area contributed by atoms with E-state index in [9.17, 15) is 8.78 Å². The summed E-state index contributed by atoms with van der Waals surface area (Å²) in [5.41, 5.74) is 3.20. The van der Waals surface area contributed by atoms with E-state index in [-0.39, 0.29) is 11.1 Å². The molecule has 0 spiro atoms. The minimum atomic E-state index is -0.991. The molecule has 4 heteroatoms. The van der Waals surface area contributed by atoms with Crippen molar-refractivity contribution in [3.05, 3.63) is 118 Å². The first-order chi connectivity index (χ1) is 16.0. The molecule has 0 aliphatic rings. The Kier molecular flexibility index (Phi) is 6.48. The van der Waals surface area contributed by atoms with Gasteiger partial charge in [0.15, 0.2) is 0 Å². The smallest absolute Gasteiger partial charge is 0.146 e. The topological polar surface area (TPSA) is 23.8 Å². The number of aryl methyl sites for hydroxylation is 3. The first-order valence-electron chi connectivity index (χ1n) is 10.7. The Balaban J connectivity index is 1.55. The molecular formula is C29H20F3N. The molecule has 4 rings (SSSR count). The first-order valence-corrected chi connectivity index (χ1v) is 10.7. The van der Waals surface area contributed by atoms with Gasteiger partial charge in [-0.2, -0.15) is 5.26 Å². The summed E-state index contributed by atoms with van der Waals surface area (Å²) in [6, 6.07) is 21.0. The van der Waals surface area contributed by atoms with Crippen molar-refractivity contribution in [1.82, 2.24) is 0 Å². The van der Waals surface area contributed by atoms with E-state index >= 15 is 4.39 Å². The molecule has 0 N–H and O–H groups in total. The summed E-state index contributed by atoms with van der Waals surface area (Å²) in [6.07, 6.45) is 2.77. The minimum Gasteiger partial charge on any atom is -0.205 e. The van der Waals surface area contributed by atoms with Crippen LogP contribution >= 0.6 is 0 Å². The second-order valence-electron chi connectivity index (χ2n) is 7.83. The largest absolute Gasteiger partial charge is 0.205 e. The van der Waals surface area contributed by atoms with Crippen LogP contribution in [0.4, 0.5) is 13.2 Å². The van der Waals surface area contributed by atoms with Crippen LogP contribution in [0.2, 0.25) is 0 Å². The molecule has 33 heavy (non-hydrogen) atoms. The van der Waals surface area contributed by atoms with Crippen LogP contribution in [0.5, 0.6) is 0 Å². The van der Waals surface area contributed by atoms with Gasteiger partial charge in [0.05, 0.1) is 5.56 Å². The van der Waals surface area contributed by atoms with Crippen molar-refractivity contribution < 1.29 is 13.2 Å². The zero-order valence-corrected chi connectivity index (χ0v) is 18.1. The van der Waals surface area contributed by atoms with Gasteiger partial charge in [-0.25, -0.2) is 13.2 Å². The highest BCUT2D eigenvalue weighted by Gasteiger charge is 2.10. The molecule has 0 atom stereocenters. The fourth-order valence-electron chi connectivity index (χ4n) is 3.72. The molecule has 0 amide bonds. The number of rotatable bonds is 4. The van der Waals surface area contributed by atoms with Crippen LogP contribution in [0.1, 0.15) is 40.3 Å². The summed E-state index contributed by atoms with van der Waals surface area (Å²) in [4.78, 5) is 0. The molecule has 0 fully saturated rings. The highest BCUT2D eigenvalue weighted by Crippen LogP contribution is 2.23. The maximum absolute atomic E-state index is 15.0. The zero-order chi connectivity index (χ0) is 23.4. The maximum Gasteiger partial charge on any atom is 0.146 e. The highest BCUT2D eigenvalue weighted by atomic mass is 19.1. The fourth-order valence-corrected chi connectivity index (χ4v) is 3.72. The lowest BCUT2D eigenvalue weighted by Crippen LogP contribution is -1.94. The van der Waals surface area contributed by atoms with Gasteiger partial charge >= 0.3 is 0 Å². The van der Waals surface area contributed by atoms with E-state index in [1.54, 1.807) is 18.2 Å². The van der Waals surface area contributed by atoms with Gasteiger partial charge in [-0.3, -0.25) is 0 Å². The minimum absolute atomic E-state index is 0.0332. The summed E-state index contributed by atoms with van der Waals surface area (Å²) in [5, 5.41) is 9.96. The molecule has 1 nitrogen and oxygen atoms in total. The summed E-state index contributed by atoms with van der Waals surface area (Å²) in [6.45, 7) is 2.13. The van der Waals surface area contributed by atoms with Gasteiger partial charge in [-0.05, 0) is 59.5 Å². The van der Waals surface area contributed by atoms with Gasteiger partial charge < -0.3 is 0 Å². The SMILES string of the molecule is CCc1ccc(CCc2ccc3c(F)c(C#Cc4cc(F)c(C#N)c(F)c4)ccc3c2)cc1. The number of benzene rings is 4. The molecule has 162 valence electrons. The molecule has 0 bridgehead atoms. The summed E-state index contributed by atoms with van der Waals surface area (Å²) in [7, 11) is 0. The quantitative estimate of drug-likeness (QED) is 0.318. The van der Waals surface area contributed by atoms with Gasteiger partial charge in [0.2, 0.25) is 0 Å². The van der Waals surface area contributed by atoms with Crippen molar-refractivity contribution in [1.29, 1.82) is 5.26 Å². The van der Waals surface area contributed by atoms with Gasteiger partial charge in [0.1, 0.15) is 29.1 Å². The summed E-state index contributed by atoms with van der Waals surface area (Å²) >= 11 is 0. The lowest BCUT2D eigenvalue weighted by Gasteiger charge is -2.07. The molecule has 0 heterocycles. The Morgan fingerprint density at radius 1 is 0.727 bits per heavy atom. The average molecular weight is 439 g/mol. The van der Waals surface area contributed by atoms with E-state index in [4.69, 9.17) is 5.26 Å². The second-order valence-corrected chi connectivity index (χ2v) is 7.83. The molecule has 4 aromatic rings. The highest BCUT2D eigenvalue weighted by molar-refractivity contribution is 5.85. The number of halogens is 3. The van der Waals surface area contributed by atoms with Crippen LogP contribution in [0.25, 0.3) is 10.8 Å². The Hall–Kier alpha value is -4.02. The Bertz CT molecular complexity index is 1410. The molecule has 0 aromatic heterocycles. The number of fused-ring (bicyclic) bond motifs is 1. The lowest BCUT2D eigenvalue weighted by atomic mass is 9.99. The zero-order valence-electron chi connectivity index (χ0n) is 18.1. The Morgan fingerprint density at radius 2 is 1.36 bits per heavy atom. The van der Waals surface area contributed by atoms with E-state index < -0.39 is 23.0 Å². The Morgan fingerprint density at radius 3 is 2.03 bits per heavy atom. The van der Waals surface area contributed by atoms with Gasteiger partial charge in [-0.15, -0.1) is 0 Å². The lowest BCUT2D eigenvalue weighted by molar-refractivity contribution is 0.576. The molecule has 0 unspecified atom stereocenters. The normalized spacial score (nSPS) is 10.5. The Labute approximate surface area is 191 Å².